The van der Waals surface area contributed by atoms with E-state index in [4.69, 9.17) is 4.74 Å². The maximum absolute atomic E-state index is 11.4. The van der Waals surface area contributed by atoms with Crippen LogP contribution in [0.15, 0.2) is 24.3 Å². The highest BCUT2D eigenvalue weighted by Crippen LogP contribution is 2.21. The highest BCUT2D eigenvalue weighted by Gasteiger charge is 2.14. The molecule has 0 unspecified atom stereocenters. The number of ether oxygens (including phenoxy) is 1. The lowest BCUT2D eigenvalue weighted by Crippen LogP contribution is -2.38. The first-order valence-corrected chi connectivity index (χ1v) is 6.86. The molecule has 112 valence electrons. The molecule has 20 heavy (non-hydrogen) atoms. The van der Waals surface area contributed by atoms with Gasteiger partial charge in [0.05, 0.1) is 13.7 Å². The number of likely N-dealkylation sites (N-methyl/N-ethyl adjacent to an activating group) is 2. The first kappa shape index (κ1) is 16.5. The van der Waals surface area contributed by atoms with Crippen LogP contribution in [0.5, 0.6) is 5.75 Å². The number of nitrogens with one attached hydrogen (secondary N) is 2. The summed E-state index contributed by atoms with van der Waals surface area (Å²) < 4.78 is 5.26. The number of nitrogens with zero attached hydrogens (tertiary/aromatic N) is 1. The lowest BCUT2D eigenvalue weighted by Gasteiger charge is -2.25. The minimum atomic E-state index is 0.0237. The molecule has 5 heteroatoms. The van der Waals surface area contributed by atoms with Gasteiger partial charge in [-0.3, -0.25) is 4.79 Å². The van der Waals surface area contributed by atoms with E-state index in [2.05, 4.69) is 21.6 Å². The normalized spacial score (nSPS) is 12.2. The molecule has 0 aliphatic carbocycles. The van der Waals surface area contributed by atoms with Crippen molar-refractivity contribution in [3.05, 3.63) is 29.8 Å². The van der Waals surface area contributed by atoms with Gasteiger partial charge < -0.3 is 20.3 Å². The third-order valence-electron chi connectivity index (χ3n) is 3.10. The zero-order chi connectivity index (χ0) is 15.0. The summed E-state index contributed by atoms with van der Waals surface area (Å²) in [5, 5.41) is 5.96. The molecule has 0 radical (unpaired) electrons. The Bertz CT molecular complexity index is 421. The molecule has 5 nitrogen and oxygen atoms in total. The summed E-state index contributed by atoms with van der Waals surface area (Å²) >= 11 is 0. The van der Waals surface area contributed by atoms with Crippen LogP contribution in [0.1, 0.15) is 18.5 Å². The Morgan fingerprint density at radius 2 is 2.15 bits per heavy atom. The van der Waals surface area contributed by atoms with Crippen LogP contribution in [0.25, 0.3) is 0 Å². The van der Waals surface area contributed by atoms with Crippen molar-refractivity contribution in [1.82, 2.24) is 15.5 Å². The molecule has 0 spiro atoms. The van der Waals surface area contributed by atoms with Gasteiger partial charge >= 0.3 is 0 Å². The second-order valence-corrected chi connectivity index (χ2v) is 4.84. The molecule has 0 bridgehead atoms. The maximum Gasteiger partial charge on any atom is 0.233 e. The van der Waals surface area contributed by atoms with Gasteiger partial charge in [0, 0.05) is 19.1 Å². The number of amides is 1. The van der Waals surface area contributed by atoms with Crippen LogP contribution in [0.3, 0.4) is 0 Å². The minimum absolute atomic E-state index is 0.0237. The second kappa shape index (κ2) is 8.55. The Balaban J connectivity index is 2.62. The zero-order valence-electron chi connectivity index (χ0n) is 12.8. The van der Waals surface area contributed by atoms with Crippen molar-refractivity contribution in [2.45, 2.75) is 13.0 Å². The van der Waals surface area contributed by atoms with E-state index in [1.807, 2.05) is 39.2 Å². The van der Waals surface area contributed by atoms with Crippen LogP contribution in [0, 0.1) is 0 Å². The molecule has 0 fully saturated rings. The topological polar surface area (TPSA) is 53.6 Å². The first-order valence-electron chi connectivity index (χ1n) is 6.86. The van der Waals surface area contributed by atoms with Gasteiger partial charge in [-0.2, -0.15) is 0 Å². The third kappa shape index (κ3) is 5.19. The summed E-state index contributed by atoms with van der Waals surface area (Å²) in [6, 6.07) is 8.20. The largest absolute Gasteiger partial charge is 0.497 e. The van der Waals surface area contributed by atoms with Crippen LogP contribution >= 0.6 is 0 Å². The highest BCUT2D eigenvalue weighted by molar-refractivity contribution is 5.77. The van der Waals surface area contributed by atoms with Gasteiger partial charge in [0.15, 0.2) is 0 Å². The Kier molecular flexibility index (Phi) is 7.04. The average Bonchev–Trinajstić information content (AvgIpc) is 2.43. The fourth-order valence-electron chi connectivity index (χ4n) is 2.03. The van der Waals surface area contributed by atoms with Crippen LogP contribution in [0.4, 0.5) is 0 Å². The fraction of sp³-hybridized carbons (Fsp3) is 0.533. The Morgan fingerprint density at radius 1 is 1.40 bits per heavy atom. The lowest BCUT2D eigenvalue weighted by molar-refractivity contribution is -0.120. The van der Waals surface area contributed by atoms with Crippen LogP contribution in [-0.4, -0.2) is 51.6 Å². The molecule has 0 saturated heterocycles. The predicted molar refractivity (Wildman–Crippen MR) is 81.0 cm³/mol. The molecule has 0 heterocycles. The molecule has 1 rings (SSSR count). The quantitative estimate of drug-likeness (QED) is 0.746. The average molecular weight is 279 g/mol. The molecule has 0 saturated carbocycles. The monoisotopic (exact) mass is 279 g/mol. The van der Waals surface area contributed by atoms with E-state index < -0.39 is 0 Å². The van der Waals surface area contributed by atoms with E-state index in [1.165, 1.54) is 0 Å². The highest BCUT2D eigenvalue weighted by atomic mass is 16.5. The van der Waals surface area contributed by atoms with E-state index in [-0.39, 0.29) is 11.9 Å². The van der Waals surface area contributed by atoms with E-state index in [0.717, 1.165) is 11.3 Å². The number of carbonyl (C=O) groups excluding carboxylic acids is 1. The Morgan fingerprint density at radius 3 is 2.75 bits per heavy atom. The van der Waals surface area contributed by atoms with Gasteiger partial charge in [0.2, 0.25) is 5.91 Å². The second-order valence-electron chi connectivity index (χ2n) is 4.84. The lowest BCUT2D eigenvalue weighted by atomic mass is 10.1. The Labute approximate surface area is 121 Å². The molecule has 0 aliphatic rings. The summed E-state index contributed by atoms with van der Waals surface area (Å²) in [6.07, 6.45) is 0. The summed E-state index contributed by atoms with van der Waals surface area (Å²) in [5.74, 6) is 0.869. The van der Waals surface area contributed by atoms with E-state index >= 15 is 0 Å². The number of benzene rings is 1. The molecule has 0 aliphatic heterocycles. The van der Waals surface area contributed by atoms with Gasteiger partial charge in [-0.15, -0.1) is 0 Å². The van der Waals surface area contributed by atoms with Crippen molar-refractivity contribution in [1.29, 1.82) is 0 Å². The molecular weight excluding hydrogens is 254 g/mol. The molecule has 1 amide bonds. The number of carbonyl (C=O) groups is 1. The SMILES string of the molecule is CCNC(=O)CNC[C@@H](c1cccc(OC)c1)N(C)C. The summed E-state index contributed by atoms with van der Waals surface area (Å²) in [5.41, 5.74) is 1.16. The number of methoxy groups -OCH3 is 1. The van der Waals surface area contributed by atoms with Crippen molar-refractivity contribution in [3.8, 4) is 5.75 Å². The molecular formula is C15H25N3O2. The third-order valence-corrected chi connectivity index (χ3v) is 3.10. The van der Waals surface area contributed by atoms with Crippen LogP contribution in [0.2, 0.25) is 0 Å². The van der Waals surface area contributed by atoms with Crippen molar-refractivity contribution in [2.24, 2.45) is 0 Å². The minimum Gasteiger partial charge on any atom is -0.497 e. The van der Waals surface area contributed by atoms with Gasteiger partial charge in [0.25, 0.3) is 0 Å². The number of hydrogen-bond acceptors (Lipinski definition) is 4. The molecule has 0 aromatic heterocycles. The fourth-order valence-corrected chi connectivity index (χ4v) is 2.03. The first-order chi connectivity index (χ1) is 9.58. The van der Waals surface area contributed by atoms with Gasteiger partial charge in [-0.1, -0.05) is 12.1 Å². The molecule has 1 aromatic rings. The summed E-state index contributed by atoms with van der Waals surface area (Å²) in [7, 11) is 5.72. The number of rotatable bonds is 8. The summed E-state index contributed by atoms with van der Waals surface area (Å²) in [6.45, 7) is 3.61. The molecule has 2 N–H and O–H groups in total. The van der Waals surface area contributed by atoms with Crippen LogP contribution in [-0.2, 0) is 4.79 Å². The van der Waals surface area contributed by atoms with Crippen molar-refractivity contribution in [3.63, 3.8) is 0 Å². The van der Waals surface area contributed by atoms with E-state index in [9.17, 15) is 4.79 Å². The van der Waals surface area contributed by atoms with Crippen molar-refractivity contribution >= 4 is 5.91 Å². The predicted octanol–water partition coefficient (Wildman–Crippen LogP) is 1.02. The smallest absolute Gasteiger partial charge is 0.233 e. The molecule has 1 atom stereocenters. The summed E-state index contributed by atoms with van der Waals surface area (Å²) in [4.78, 5) is 13.5. The maximum atomic E-state index is 11.4. The Hall–Kier alpha value is -1.59. The van der Waals surface area contributed by atoms with Crippen LogP contribution < -0.4 is 15.4 Å². The molecule has 1 aromatic carbocycles. The van der Waals surface area contributed by atoms with Gasteiger partial charge in [-0.05, 0) is 38.7 Å². The van der Waals surface area contributed by atoms with E-state index in [1.54, 1.807) is 7.11 Å². The van der Waals surface area contributed by atoms with Gasteiger partial charge in [-0.25, -0.2) is 0 Å². The van der Waals surface area contributed by atoms with Gasteiger partial charge in [0.1, 0.15) is 5.75 Å². The number of hydrogen-bond donors (Lipinski definition) is 2. The van der Waals surface area contributed by atoms with E-state index in [0.29, 0.717) is 19.6 Å². The zero-order valence-corrected chi connectivity index (χ0v) is 12.8. The standard InChI is InChI=1S/C15H25N3O2/c1-5-17-15(19)11-16-10-14(18(2)3)12-7-6-8-13(9-12)20-4/h6-9,14,16H,5,10-11H2,1-4H3,(H,17,19)/t14-/m0/s1. The van der Waals surface area contributed by atoms with Crippen molar-refractivity contribution < 1.29 is 9.53 Å². The van der Waals surface area contributed by atoms with Crippen molar-refractivity contribution in [2.75, 3.05) is 40.8 Å².